The molecule has 0 fully saturated rings. The van der Waals surface area contributed by atoms with Gasteiger partial charge >= 0.3 is 0 Å². The third-order valence-corrected chi connectivity index (χ3v) is 5.10. The fraction of sp³-hybridized carbons (Fsp3) is 0.346. The Hall–Kier alpha value is -3.00. The summed E-state index contributed by atoms with van der Waals surface area (Å²) in [5.41, 5.74) is 2.69. The number of hydrogen-bond donors (Lipinski definition) is 1. The van der Waals surface area contributed by atoms with E-state index in [1.807, 2.05) is 37.4 Å². The SMILES string of the molecule is C=CCOC[C@@H](O)CN(CCC)Cc1c(-c2ccccc2)nn(C)c1Oc1ccc(F)cc1. The van der Waals surface area contributed by atoms with Crippen molar-refractivity contribution < 1.29 is 19.0 Å². The second kappa shape index (κ2) is 12.3. The van der Waals surface area contributed by atoms with E-state index < -0.39 is 6.10 Å². The van der Waals surface area contributed by atoms with Crippen LogP contribution in [-0.2, 0) is 18.3 Å². The summed E-state index contributed by atoms with van der Waals surface area (Å²) in [7, 11) is 1.83. The molecule has 0 amide bonds. The van der Waals surface area contributed by atoms with E-state index in [1.165, 1.54) is 12.1 Å². The summed E-state index contributed by atoms with van der Waals surface area (Å²) in [5.74, 6) is 0.790. The van der Waals surface area contributed by atoms with Crippen molar-refractivity contribution >= 4 is 0 Å². The van der Waals surface area contributed by atoms with E-state index in [0.717, 1.165) is 29.8 Å². The van der Waals surface area contributed by atoms with Crippen molar-refractivity contribution in [1.29, 1.82) is 0 Å². The Kier molecular flexibility index (Phi) is 9.18. The highest BCUT2D eigenvalue weighted by atomic mass is 19.1. The van der Waals surface area contributed by atoms with Crippen LogP contribution in [0.15, 0.2) is 67.3 Å². The third kappa shape index (κ3) is 6.99. The molecule has 1 aromatic heterocycles. The van der Waals surface area contributed by atoms with E-state index in [-0.39, 0.29) is 12.4 Å². The highest BCUT2D eigenvalue weighted by molar-refractivity contribution is 5.65. The quantitative estimate of drug-likeness (QED) is 0.298. The summed E-state index contributed by atoms with van der Waals surface area (Å²) < 4.78 is 26.7. The number of nitrogens with zero attached hydrogens (tertiary/aromatic N) is 3. The minimum absolute atomic E-state index is 0.240. The van der Waals surface area contributed by atoms with Gasteiger partial charge < -0.3 is 14.6 Å². The van der Waals surface area contributed by atoms with Crippen LogP contribution in [0.3, 0.4) is 0 Å². The van der Waals surface area contributed by atoms with E-state index in [4.69, 9.17) is 14.6 Å². The molecule has 0 aliphatic carbocycles. The number of hydrogen-bond acceptors (Lipinski definition) is 5. The number of rotatable bonds is 13. The molecule has 0 saturated carbocycles. The lowest BCUT2D eigenvalue weighted by Crippen LogP contribution is -2.35. The monoisotopic (exact) mass is 453 g/mol. The number of halogens is 1. The van der Waals surface area contributed by atoms with E-state index in [2.05, 4.69) is 18.4 Å². The van der Waals surface area contributed by atoms with Gasteiger partial charge in [0.25, 0.3) is 0 Å². The number of aliphatic hydroxyl groups excluding tert-OH is 1. The molecule has 0 aliphatic rings. The molecule has 6 nitrogen and oxygen atoms in total. The van der Waals surface area contributed by atoms with Gasteiger partial charge in [-0.1, -0.05) is 43.3 Å². The summed E-state index contributed by atoms with van der Waals surface area (Å²) in [4.78, 5) is 2.17. The molecular weight excluding hydrogens is 421 g/mol. The zero-order valence-corrected chi connectivity index (χ0v) is 19.3. The van der Waals surface area contributed by atoms with Crippen LogP contribution in [0.2, 0.25) is 0 Å². The molecule has 3 rings (SSSR count). The molecule has 1 N–H and O–H groups in total. The van der Waals surface area contributed by atoms with Crippen molar-refractivity contribution in [3.05, 3.63) is 78.6 Å². The van der Waals surface area contributed by atoms with Crippen molar-refractivity contribution in [2.24, 2.45) is 7.05 Å². The van der Waals surface area contributed by atoms with E-state index in [1.54, 1.807) is 22.9 Å². The fourth-order valence-corrected chi connectivity index (χ4v) is 3.68. The normalized spacial score (nSPS) is 12.2. The Morgan fingerprint density at radius 2 is 1.91 bits per heavy atom. The van der Waals surface area contributed by atoms with Gasteiger partial charge in [0.05, 0.1) is 24.9 Å². The maximum absolute atomic E-state index is 13.4. The summed E-state index contributed by atoms with van der Waals surface area (Å²) in [5, 5.41) is 15.2. The van der Waals surface area contributed by atoms with Crippen molar-refractivity contribution in [3.8, 4) is 22.9 Å². The Balaban J connectivity index is 1.91. The van der Waals surface area contributed by atoms with Crippen LogP contribution in [0.5, 0.6) is 11.6 Å². The molecule has 0 radical (unpaired) electrons. The number of aromatic nitrogens is 2. The van der Waals surface area contributed by atoms with Gasteiger partial charge in [-0.2, -0.15) is 5.10 Å². The van der Waals surface area contributed by atoms with Crippen LogP contribution in [0, 0.1) is 5.82 Å². The van der Waals surface area contributed by atoms with Gasteiger partial charge in [0.15, 0.2) is 0 Å². The molecule has 2 aromatic carbocycles. The van der Waals surface area contributed by atoms with Crippen LogP contribution in [-0.4, -0.2) is 52.2 Å². The first-order chi connectivity index (χ1) is 16.0. The topological polar surface area (TPSA) is 59.8 Å². The van der Waals surface area contributed by atoms with Crippen molar-refractivity contribution in [2.45, 2.75) is 26.0 Å². The molecule has 3 aromatic rings. The lowest BCUT2D eigenvalue weighted by Gasteiger charge is -2.25. The Morgan fingerprint density at radius 3 is 2.58 bits per heavy atom. The second-order valence-corrected chi connectivity index (χ2v) is 7.89. The first-order valence-electron chi connectivity index (χ1n) is 11.2. The first kappa shape index (κ1) is 24.6. The van der Waals surface area contributed by atoms with Gasteiger partial charge in [0, 0.05) is 25.7 Å². The number of ether oxygens (including phenoxy) is 2. The standard InChI is InChI=1S/C26H32FN3O3/c1-4-15-30(17-22(31)19-32-16-5-2)18-24-25(20-9-7-6-8-10-20)28-29(3)26(24)33-23-13-11-21(27)12-14-23/h5-14,22,31H,2,4,15-19H2,1,3H3/t22-/m0/s1. The maximum atomic E-state index is 13.4. The van der Waals surface area contributed by atoms with Crippen molar-refractivity contribution in [2.75, 3.05) is 26.3 Å². The van der Waals surface area contributed by atoms with Crippen LogP contribution < -0.4 is 4.74 Å². The number of aryl methyl sites for hydroxylation is 1. The number of benzene rings is 2. The zero-order valence-electron chi connectivity index (χ0n) is 19.3. The maximum Gasteiger partial charge on any atom is 0.222 e. The zero-order chi connectivity index (χ0) is 23.6. The average Bonchev–Trinajstić information content (AvgIpc) is 3.11. The minimum Gasteiger partial charge on any atom is -0.439 e. The molecule has 176 valence electrons. The highest BCUT2D eigenvalue weighted by Gasteiger charge is 2.23. The molecule has 0 bridgehead atoms. The van der Waals surface area contributed by atoms with Crippen LogP contribution in [0.1, 0.15) is 18.9 Å². The van der Waals surface area contributed by atoms with E-state index in [9.17, 15) is 9.50 Å². The Bertz CT molecular complexity index is 1010. The molecule has 7 heteroatoms. The second-order valence-electron chi connectivity index (χ2n) is 7.89. The van der Waals surface area contributed by atoms with Gasteiger partial charge in [-0.3, -0.25) is 4.90 Å². The van der Waals surface area contributed by atoms with Crippen LogP contribution >= 0.6 is 0 Å². The molecule has 1 heterocycles. The molecule has 33 heavy (non-hydrogen) atoms. The molecule has 1 atom stereocenters. The van der Waals surface area contributed by atoms with Gasteiger partial charge in [0.1, 0.15) is 17.3 Å². The van der Waals surface area contributed by atoms with Crippen molar-refractivity contribution in [1.82, 2.24) is 14.7 Å². The minimum atomic E-state index is -0.630. The van der Waals surface area contributed by atoms with Gasteiger partial charge in [-0.05, 0) is 37.2 Å². The Morgan fingerprint density at radius 1 is 1.18 bits per heavy atom. The van der Waals surface area contributed by atoms with Crippen molar-refractivity contribution in [3.63, 3.8) is 0 Å². The van der Waals surface area contributed by atoms with Gasteiger partial charge in [0.2, 0.25) is 5.88 Å². The van der Waals surface area contributed by atoms with Crippen LogP contribution in [0.4, 0.5) is 4.39 Å². The molecule has 0 spiro atoms. The van der Waals surface area contributed by atoms with Gasteiger partial charge in [-0.25, -0.2) is 9.07 Å². The average molecular weight is 454 g/mol. The summed E-state index contributed by atoms with van der Waals surface area (Å²) >= 11 is 0. The first-order valence-corrected chi connectivity index (χ1v) is 11.2. The predicted octanol–water partition coefficient (Wildman–Crippen LogP) is 4.79. The van der Waals surface area contributed by atoms with Crippen LogP contribution in [0.25, 0.3) is 11.3 Å². The molecule has 0 unspecified atom stereocenters. The lowest BCUT2D eigenvalue weighted by molar-refractivity contribution is 0.0245. The number of aliphatic hydroxyl groups is 1. The van der Waals surface area contributed by atoms with Gasteiger partial charge in [-0.15, -0.1) is 6.58 Å². The summed E-state index contributed by atoms with van der Waals surface area (Å²) in [6.07, 6.45) is 1.96. The Labute approximate surface area is 194 Å². The molecular formula is C26H32FN3O3. The van der Waals surface area contributed by atoms with E-state index >= 15 is 0 Å². The summed E-state index contributed by atoms with van der Waals surface area (Å²) in [6.45, 7) is 8.14. The highest BCUT2D eigenvalue weighted by Crippen LogP contribution is 2.34. The van der Waals surface area contributed by atoms with E-state index in [0.29, 0.717) is 31.3 Å². The third-order valence-electron chi connectivity index (χ3n) is 5.10. The molecule has 0 saturated heterocycles. The lowest BCUT2D eigenvalue weighted by atomic mass is 10.1. The fourth-order valence-electron chi connectivity index (χ4n) is 3.68. The largest absolute Gasteiger partial charge is 0.439 e. The molecule has 0 aliphatic heterocycles. The smallest absolute Gasteiger partial charge is 0.222 e. The summed E-state index contributed by atoms with van der Waals surface area (Å²) in [6, 6.07) is 15.9. The predicted molar refractivity (Wildman–Crippen MR) is 128 cm³/mol.